The van der Waals surface area contributed by atoms with Crippen LogP contribution in [0.1, 0.15) is 33.5 Å². The van der Waals surface area contributed by atoms with Crippen molar-refractivity contribution in [3.63, 3.8) is 0 Å². The number of rotatable bonds is 5. The Balaban J connectivity index is 2.08. The fourth-order valence-corrected chi connectivity index (χ4v) is 3.40. The van der Waals surface area contributed by atoms with Crippen LogP contribution in [0.3, 0.4) is 0 Å². The standard InChI is InChI=1S/C22H18N2O4/c1-4-17-19(23-2)18(20(22(27)28)24(17)3)15-9-5-13(6-10-15)14-7-11-16(12-8-14)21(25)26/h5-12H,4H2,1,3H3,(H,25,26)(H,27,28). The molecule has 2 aromatic carbocycles. The highest BCUT2D eigenvalue weighted by atomic mass is 16.4. The Labute approximate surface area is 162 Å². The van der Waals surface area contributed by atoms with Crippen molar-refractivity contribution in [2.45, 2.75) is 13.3 Å². The molecule has 6 heteroatoms. The van der Waals surface area contributed by atoms with Gasteiger partial charge in [-0.25, -0.2) is 14.4 Å². The largest absolute Gasteiger partial charge is 0.478 e. The Morgan fingerprint density at radius 2 is 1.43 bits per heavy atom. The summed E-state index contributed by atoms with van der Waals surface area (Å²) in [6.07, 6.45) is 0.558. The molecule has 6 nitrogen and oxygen atoms in total. The van der Waals surface area contributed by atoms with Gasteiger partial charge in [0.15, 0.2) is 0 Å². The summed E-state index contributed by atoms with van der Waals surface area (Å²) in [6.45, 7) is 9.42. The summed E-state index contributed by atoms with van der Waals surface area (Å²) in [7, 11) is 1.67. The number of benzene rings is 2. The van der Waals surface area contributed by atoms with E-state index in [1.165, 1.54) is 12.1 Å². The van der Waals surface area contributed by atoms with Gasteiger partial charge in [0, 0.05) is 18.3 Å². The van der Waals surface area contributed by atoms with Crippen LogP contribution in [0.5, 0.6) is 0 Å². The van der Waals surface area contributed by atoms with Gasteiger partial charge in [0.2, 0.25) is 5.69 Å². The molecular weight excluding hydrogens is 356 g/mol. The number of aromatic nitrogens is 1. The lowest BCUT2D eigenvalue weighted by molar-refractivity contribution is 0.0680. The first-order valence-corrected chi connectivity index (χ1v) is 8.65. The van der Waals surface area contributed by atoms with Crippen LogP contribution in [0, 0.1) is 6.57 Å². The second-order valence-electron chi connectivity index (χ2n) is 6.31. The first kappa shape index (κ1) is 18.9. The minimum Gasteiger partial charge on any atom is -0.478 e. The number of carboxylic acids is 2. The molecule has 0 bridgehead atoms. The molecule has 0 amide bonds. The van der Waals surface area contributed by atoms with E-state index in [-0.39, 0.29) is 11.3 Å². The topological polar surface area (TPSA) is 83.9 Å². The summed E-state index contributed by atoms with van der Waals surface area (Å²) in [4.78, 5) is 26.4. The normalized spacial score (nSPS) is 10.5. The Bertz CT molecular complexity index is 1100. The predicted octanol–water partition coefficient (Wildman–Crippen LogP) is 4.87. The van der Waals surface area contributed by atoms with Gasteiger partial charge in [0.25, 0.3) is 0 Å². The van der Waals surface area contributed by atoms with Gasteiger partial charge in [-0.15, -0.1) is 0 Å². The van der Waals surface area contributed by atoms with Crippen LogP contribution in [-0.4, -0.2) is 26.7 Å². The predicted molar refractivity (Wildman–Crippen MR) is 106 cm³/mol. The number of nitrogens with zero attached hydrogens (tertiary/aromatic N) is 2. The third-order valence-corrected chi connectivity index (χ3v) is 4.78. The average molecular weight is 374 g/mol. The number of hydrogen-bond donors (Lipinski definition) is 2. The van der Waals surface area contributed by atoms with Crippen LogP contribution in [0.25, 0.3) is 27.1 Å². The monoisotopic (exact) mass is 374 g/mol. The molecule has 0 atom stereocenters. The zero-order valence-corrected chi connectivity index (χ0v) is 15.4. The van der Waals surface area contributed by atoms with Crippen LogP contribution >= 0.6 is 0 Å². The van der Waals surface area contributed by atoms with Crippen molar-refractivity contribution in [2.75, 3.05) is 0 Å². The van der Waals surface area contributed by atoms with Gasteiger partial charge < -0.3 is 14.8 Å². The van der Waals surface area contributed by atoms with Gasteiger partial charge in [-0.05, 0) is 35.2 Å². The molecule has 2 N–H and O–H groups in total. The maximum atomic E-state index is 11.8. The van der Waals surface area contributed by atoms with Crippen LogP contribution in [0.15, 0.2) is 48.5 Å². The van der Waals surface area contributed by atoms with Crippen LogP contribution in [0.4, 0.5) is 5.69 Å². The third-order valence-electron chi connectivity index (χ3n) is 4.78. The Kier molecular flexibility index (Phi) is 5.01. The van der Waals surface area contributed by atoms with Crippen LogP contribution in [-0.2, 0) is 13.5 Å². The lowest BCUT2D eigenvalue weighted by Gasteiger charge is -2.07. The zero-order chi connectivity index (χ0) is 20.4. The molecule has 0 aliphatic carbocycles. The minimum absolute atomic E-state index is 0.0985. The molecule has 1 aromatic heterocycles. The van der Waals surface area contributed by atoms with Crippen molar-refractivity contribution in [3.05, 3.63) is 76.9 Å². The van der Waals surface area contributed by atoms with E-state index < -0.39 is 11.9 Å². The maximum absolute atomic E-state index is 11.8. The van der Waals surface area contributed by atoms with Crippen molar-refractivity contribution in [1.82, 2.24) is 4.57 Å². The summed E-state index contributed by atoms with van der Waals surface area (Å²) in [5.41, 5.74) is 4.16. The first-order chi connectivity index (χ1) is 13.4. The van der Waals surface area contributed by atoms with E-state index >= 15 is 0 Å². The number of carbonyl (C=O) groups is 2. The summed E-state index contributed by atoms with van der Waals surface area (Å²) < 4.78 is 1.57. The second kappa shape index (κ2) is 7.41. The van der Waals surface area contributed by atoms with Gasteiger partial charge in [0.05, 0.1) is 12.1 Å². The van der Waals surface area contributed by atoms with Gasteiger partial charge in [0.1, 0.15) is 5.69 Å². The molecule has 0 saturated heterocycles. The molecule has 0 spiro atoms. The van der Waals surface area contributed by atoms with Gasteiger partial charge in [-0.1, -0.05) is 43.3 Å². The molecule has 0 aliphatic heterocycles. The minimum atomic E-state index is -1.07. The third kappa shape index (κ3) is 3.14. The van der Waals surface area contributed by atoms with E-state index in [9.17, 15) is 14.7 Å². The summed E-state index contributed by atoms with van der Waals surface area (Å²) in [6, 6.07) is 13.8. The van der Waals surface area contributed by atoms with Crippen molar-refractivity contribution < 1.29 is 19.8 Å². The molecule has 1 heterocycles. The molecular formula is C22H18N2O4. The summed E-state index contributed by atoms with van der Waals surface area (Å²) >= 11 is 0. The molecule has 0 fully saturated rings. The molecule has 0 radical (unpaired) electrons. The molecule has 3 aromatic rings. The molecule has 0 unspecified atom stereocenters. The van der Waals surface area contributed by atoms with Gasteiger partial charge in [-0.3, -0.25) is 0 Å². The van der Waals surface area contributed by atoms with E-state index in [0.717, 1.165) is 11.1 Å². The SMILES string of the molecule is [C-]#[N+]c1c(-c2ccc(-c3ccc(C(=O)O)cc3)cc2)c(C(=O)O)n(C)c1CC. The van der Waals surface area contributed by atoms with E-state index in [2.05, 4.69) is 4.85 Å². The van der Waals surface area contributed by atoms with Crippen molar-refractivity contribution in [3.8, 4) is 22.3 Å². The molecule has 0 aliphatic rings. The highest BCUT2D eigenvalue weighted by Crippen LogP contribution is 2.40. The molecule has 28 heavy (non-hydrogen) atoms. The smallest absolute Gasteiger partial charge is 0.351 e. The van der Waals surface area contributed by atoms with Crippen LogP contribution < -0.4 is 0 Å². The first-order valence-electron chi connectivity index (χ1n) is 8.65. The fourth-order valence-electron chi connectivity index (χ4n) is 3.40. The lowest BCUT2D eigenvalue weighted by Crippen LogP contribution is -2.07. The number of aromatic carboxylic acids is 2. The average Bonchev–Trinajstić information content (AvgIpc) is 2.99. The molecule has 140 valence electrons. The van der Waals surface area contributed by atoms with Crippen LogP contribution in [0.2, 0.25) is 0 Å². The van der Waals surface area contributed by atoms with Crippen molar-refractivity contribution >= 4 is 17.6 Å². The number of hydrogen-bond acceptors (Lipinski definition) is 2. The Morgan fingerprint density at radius 1 is 0.929 bits per heavy atom. The highest BCUT2D eigenvalue weighted by Gasteiger charge is 2.25. The van der Waals surface area contributed by atoms with E-state index in [4.69, 9.17) is 11.7 Å². The van der Waals surface area contributed by atoms with E-state index in [0.29, 0.717) is 28.9 Å². The number of carboxylic acid groups (broad SMARTS) is 2. The van der Waals surface area contributed by atoms with Gasteiger partial charge in [-0.2, -0.15) is 0 Å². The highest BCUT2D eigenvalue weighted by molar-refractivity contribution is 6.01. The second-order valence-corrected chi connectivity index (χ2v) is 6.31. The Hall–Kier alpha value is -3.85. The van der Waals surface area contributed by atoms with E-state index in [1.807, 2.05) is 19.1 Å². The van der Waals surface area contributed by atoms with Crippen molar-refractivity contribution in [1.29, 1.82) is 0 Å². The molecule has 3 rings (SSSR count). The lowest BCUT2D eigenvalue weighted by atomic mass is 9.98. The summed E-state index contributed by atoms with van der Waals surface area (Å²) in [5.74, 6) is -2.05. The molecule has 0 saturated carbocycles. The van der Waals surface area contributed by atoms with E-state index in [1.54, 1.807) is 35.9 Å². The fraction of sp³-hybridized carbons (Fsp3) is 0.136. The van der Waals surface area contributed by atoms with Gasteiger partial charge >= 0.3 is 11.9 Å². The zero-order valence-electron chi connectivity index (χ0n) is 15.4. The summed E-state index contributed by atoms with van der Waals surface area (Å²) in [5, 5.41) is 18.7. The Morgan fingerprint density at radius 3 is 1.86 bits per heavy atom. The quantitative estimate of drug-likeness (QED) is 0.624. The maximum Gasteiger partial charge on any atom is 0.351 e. The van der Waals surface area contributed by atoms with Crippen molar-refractivity contribution in [2.24, 2.45) is 7.05 Å².